The molecule has 7 heteroatoms. The number of aromatic nitrogens is 3. The fourth-order valence-electron chi connectivity index (χ4n) is 2.63. The van der Waals surface area contributed by atoms with Crippen molar-refractivity contribution in [2.24, 2.45) is 0 Å². The van der Waals surface area contributed by atoms with Crippen molar-refractivity contribution in [3.63, 3.8) is 0 Å². The molecule has 0 radical (unpaired) electrons. The van der Waals surface area contributed by atoms with E-state index < -0.39 is 0 Å². The molecule has 0 atom stereocenters. The van der Waals surface area contributed by atoms with Crippen LogP contribution < -0.4 is 16.0 Å². The number of pyridine rings is 1. The average Bonchev–Trinajstić information content (AvgIpc) is 2.64. The molecule has 0 aliphatic carbocycles. The van der Waals surface area contributed by atoms with Crippen molar-refractivity contribution >= 4 is 17.4 Å². The summed E-state index contributed by atoms with van der Waals surface area (Å²) >= 11 is 6.21. The number of nitrogens with two attached hydrogens (primary N) is 1. The van der Waals surface area contributed by atoms with Crippen molar-refractivity contribution in [1.29, 1.82) is 0 Å². The third-order valence-electron chi connectivity index (χ3n) is 3.94. The maximum atomic E-state index is 12.0. The normalized spacial score (nSPS) is 11.0. The number of nitrogen functional groups attached to an aromatic ring is 1. The van der Waals surface area contributed by atoms with E-state index >= 15 is 0 Å². The summed E-state index contributed by atoms with van der Waals surface area (Å²) in [6.45, 7) is 3.80. The number of hydrogen-bond donors (Lipinski definition) is 1. The first kappa shape index (κ1) is 17.9. The first-order chi connectivity index (χ1) is 12.4. The number of benzene rings is 1. The van der Waals surface area contributed by atoms with Crippen molar-refractivity contribution in [3.05, 3.63) is 57.8 Å². The van der Waals surface area contributed by atoms with Gasteiger partial charge in [0.15, 0.2) is 0 Å². The van der Waals surface area contributed by atoms with E-state index in [-0.39, 0.29) is 17.4 Å². The van der Waals surface area contributed by atoms with Gasteiger partial charge in [-0.1, -0.05) is 23.7 Å². The fourth-order valence-corrected chi connectivity index (χ4v) is 2.78. The standard InChI is InChI=1S/C19H19ClN4O2/c1-11(2)24-17(25)8-7-16(23-24)14-10-15(20)19(21)22-18(14)12-5-4-6-13(9-12)26-3/h4-11H,1-3H3,(H2,21,22). The summed E-state index contributed by atoms with van der Waals surface area (Å²) in [6.07, 6.45) is 0. The molecule has 0 saturated carbocycles. The molecule has 0 fully saturated rings. The summed E-state index contributed by atoms with van der Waals surface area (Å²) in [7, 11) is 1.60. The zero-order chi connectivity index (χ0) is 18.8. The zero-order valence-corrected chi connectivity index (χ0v) is 15.5. The predicted octanol–water partition coefficient (Wildman–Crippen LogP) is 3.80. The van der Waals surface area contributed by atoms with Crippen molar-refractivity contribution < 1.29 is 4.74 Å². The highest BCUT2D eigenvalue weighted by Gasteiger charge is 2.16. The van der Waals surface area contributed by atoms with E-state index in [1.54, 1.807) is 19.2 Å². The van der Waals surface area contributed by atoms with Gasteiger partial charge in [0.1, 0.15) is 11.6 Å². The molecule has 134 valence electrons. The Hall–Kier alpha value is -2.86. The predicted molar refractivity (Wildman–Crippen MR) is 104 cm³/mol. The van der Waals surface area contributed by atoms with Crippen LogP contribution in [-0.2, 0) is 0 Å². The minimum absolute atomic E-state index is 0.0695. The van der Waals surface area contributed by atoms with Crippen molar-refractivity contribution in [2.75, 3.05) is 12.8 Å². The summed E-state index contributed by atoms with van der Waals surface area (Å²) in [5.74, 6) is 0.925. The molecule has 1 aromatic carbocycles. The quantitative estimate of drug-likeness (QED) is 0.755. The summed E-state index contributed by atoms with van der Waals surface area (Å²) in [4.78, 5) is 16.5. The lowest BCUT2D eigenvalue weighted by atomic mass is 10.0. The summed E-state index contributed by atoms with van der Waals surface area (Å²) in [5, 5.41) is 4.80. The van der Waals surface area contributed by atoms with E-state index in [0.29, 0.717) is 27.7 Å². The lowest BCUT2D eigenvalue weighted by Gasteiger charge is -2.14. The van der Waals surface area contributed by atoms with E-state index in [1.807, 2.05) is 38.1 Å². The highest BCUT2D eigenvalue weighted by molar-refractivity contribution is 6.33. The summed E-state index contributed by atoms with van der Waals surface area (Å²) in [6, 6.07) is 12.3. The molecule has 0 bridgehead atoms. The highest BCUT2D eigenvalue weighted by atomic mass is 35.5. The Bertz CT molecular complexity index is 1010. The van der Waals surface area contributed by atoms with Crippen LogP contribution in [0.15, 0.2) is 47.3 Å². The van der Waals surface area contributed by atoms with Crippen molar-refractivity contribution in [2.45, 2.75) is 19.9 Å². The van der Waals surface area contributed by atoms with Gasteiger partial charge >= 0.3 is 0 Å². The lowest BCUT2D eigenvalue weighted by molar-refractivity contribution is 0.415. The molecule has 2 heterocycles. The van der Waals surface area contributed by atoms with Gasteiger partial charge in [0.25, 0.3) is 5.56 Å². The SMILES string of the molecule is COc1cccc(-c2nc(N)c(Cl)cc2-c2ccc(=O)n(C(C)C)n2)c1. The van der Waals surface area contributed by atoms with E-state index in [2.05, 4.69) is 10.1 Å². The second-order valence-corrected chi connectivity index (χ2v) is 6.49. The van der Waals surface area contributed by atoms with Crippen LogP contribution in [0.1, 0.15) is 19.9 Å². The second kappa shape index (κ2) is 7.17. The van der Waals surface area contributed by atoms with Crippen LogP contribution in [0.4, 0.5) is 5.82 Å². The van der Waals surface area contributed by atoms with E-state index in [9.17, 15) is 4.79 Å². The van der Waals surface area contributed by atoms with Crippen LogP contribution in [0, 0.1) is 0 Å². The smallest absolute Gasteiger partial charge is 0.267 e. The van der Waals surface area contributed by atoms with Crippen LogP contribution >= 0.6 is 11.6 Å². The van der Waals surface area contributed by atoms with Crippen LogP contribution in [-0.4, -0.2) is 21.9 Å². The molecule has 2 aromatic heterocycles. The van der Waals surface area contributed by atoms with Gasteiger partial charge in [0.2, 0.25) is 0 Å². The van der Waals surface area contributed by atoms with E-state index in [0.717, 1.165) is 5.56 Å². The number of anilines is 1. The Morgan fingerprint density at radius 1 is 1.19 bits per heavy atom. The van der Waals surface area contributed by atoms with Gasteiger partial charge in [-0.2, -0.15) is 5.10 Å². The van der Waals surface area contributed by atoms with Gasteiger partial charge in [-0.25, -0.2) is 9.67 Å². The van der Waals surface area contributed by atoms with E-state index in [1.165, 1.54) is 10.7 Å². The summed E-state index contributed by atoms with van der Waals surface area (Å²) in [5.41, 5.74) is 8.47. The van der Waals surface area contributed by atoms with Crippen LogP contribution in [0.3, 0.4) is 0 Å². The van der Waals surface area contributed by atoms with E-state index in [4.69, 9.17) is 22.1 Å². The lowest BCUT2D eigenvalue weighted by Crippen LogP contribution is -2.24. The number of hydrogen-bond acceptors (Lipinski definition) is 5. The van der Waals surface area contributed by atoms with Gasteiger partial charge < -0.3 is 10.5 Å². The van der Waals surface area contributed by atoms with Gasteiger partial charge in [0.05, 0.1) is 29.6 Å². The van der Waals surface area contributed by atoms with Crippen LogP contribution in [0.2, 0.25) is 5.02 Å². The molecule has 0 aliphatic heterocycles. The Kier molecular flexibility index (Phi) is 4.95. The molecule has 0 unspecified atom stereocenters. The molecular formula is C19H19ClN4O2. The fraction of sp³-hybridized carbons (Fsp3) is 0.211. The molecule has 26 heavy (non-hydrogen) atoms. The summed E-state index contributed by atoms with van der Waals surface area (Å²) < 4.78 is 6.72. The average molecular weight is 371 g/mol. The number of rotatable bonds is 4. The van der Waals surface area contributed by atoms with Crippen LogP contribution in [0.5, 0.6) is 5.75 Å². The number of halogens is 1. The molecule has 0 amide bonds. The largest absolute Gasteiger partial charge is 0.497 e. The first-order valence-corrected chi connectivity index (χ1v) is 8.49. The minimum atomic E-state index is -0.166. The number of methoxy groups -OCH3 is 1. The molecule has 0 spiro atoms. The Morgan fingerprint density at radius 2 is 1.96 bits per heavy atom. The zero-order valence-electron chi connectivity index (χ0n) is 14.7. The molecule has 3 aromatic rings. The van der Waals surface area contributed by atoms with Crippen molar-refractivity contribution in [3.8, 4) is 28.3 Å². The minimum Gasteiger partial charge on any atom is -0.497 e. The third kappa shape index (κ3) is 3.41. The monoisotopic (exact) mass is 370 g/mol. The maximum Gasteiger partial charge on any atom is 0.267 e. The molecule has 0 saturated heterocycles. The highest BCUT2D eigenvalue weighted by Crippen LogP contribution is 2.35. The molecule has 3 rings (SSSR count). The Balaban J connectivity index is 2.26. The number of ether oxygens (including phenoxy) is 1. The molecule has 2 N–H and O–H groups in total. The maximum absolute atomic E-state index is 12.0. The molecule has 6 nitrogen and oxygen atoms in total. The third-order valence-corrected chi connectivity index (χ3v) is 4.24. The van der Waals surface area contributed by atoms with Gasteiger partial charge in [-0.15, -0.1) is 0 Å². The topological polar surface area (TPSA) is 83.0 Å². The van der Waals surface area contributed by atoms with Crippen LogP contribution in [0.25, 0.3) is 22.5 Å². The van der Waals surface area contributed by atoms with Crippen molar-refractivity contribution in [1.82, 2.24) is 14.8 Å². The Labute approximate surface area is 156 Å². The molecule has 0 aliphatic rings. The molecular weight excluding hydrogens is 352 g/mol. The van der Waals surface area contributed by atoms with Gasteiger partial charge in [0, 0.05) is 17.2 Å². The Morgan fingerprint density at radius 3 is 2.65 bits per heavy atom. The first-order valence-electron chi connectivity index (χ1n) is 8.11. The van der Waals surface area contributed by atoms with Gasteiger partial charge in [-0.05, 0) is 38.1 Å². The second-order valence-electron chi connectivity index (χ2n) is 6.08. The number of nitrogens with zero attached hydrogens (tertiary/aromatic N) is 3. The van der Waals surface area contributed by atoms with Gasteiger partial charge in [-0.3, -0.25) is 4.79 Å².